The van der Waals surface area contributed by atoms with Crippen molar-refractivity contribution in [1.29, 1.82) is 0 Å². The molecule has 0 aliphatic carbocycles. The first-order valence-electron chi connectivity index (χ1n) is 24.2. The van der Waals surface area contributed by atoms with Gasteiger partial charge < -0.3 is 39.5 Å². The molecular formula is C51H67N9O8. The van der Waals surface area contributed by atoms with E-state index < -0.39 is 11.9 Å². The van der Waals surface area contributed by atoms with Crippen molar-refractivity contribution in [2.45, 2.75) is 65.7 Å². The predicted molar refractivity (Wildman–Crippen MR) is 261 cm³/mol. The van der Waals surface area contributed by atoms with Gasteiger partial charge in [-0.1, -0.05) is 13.8 Å². The largest absolute Gasteiger partial charge is 0.460 e. The highest BCUT2D eigenvalue weighted by Crippen LogP contribution is 2.44. The fourth-order valence-corrected chi connectivity index (χ4v) is 9.94. The van der Waals surface area contributed by atoms with E-state index >= 15 is 4.79 Å². The van der Waals surface area contributed by atoms with Crippen LogP contribution in [-0.2, 0) is 28.5 Å². The van der Waals surface area contributed by atoms with Gasteiger partial charge in [0, 0.05) is 118 Å². The topological polar surface area (TPSA) is 202 Å². The average molecular weight is 934 g/mol. The average Bonchev–Trinajstić information content (AvgIpc) is 4.02. The highest BCUT2D eigenvalue weighted by molar-refractivity contribution is 6.23. The Morgan fingerprint density at radius 1 is 0.853 bits per heavy atom. The number of aromatic nitrogens is 4. The molecule has 68 heavy (non-hydrogen) atoms. The van der Waals surface area contributed by atoms with Crippen molar-refractivity contribution < 1.29 is 38.1 Å². The Bertz CT molecular complexity index is 2640. The lowest BCUT2D eigenvalue weighted by Crippen LogP contribution is -2.47. The van der Waals surface area contributed by atoms with Crippen LogP contribution in [0.3, 0.4) is 0 Å². The first-order valence-corrected chi connectivity index (χ1v) is 24.2. The summed E-state index contributed by atoms with van der Waals surface area (Å²) in [5, 5.41) is 0. The number of nitrogens with zero attached hydrogens (tertiary/aromatic N) is 6. The quantitative estimate of drug-likeness (QED) is 0.0692. The Morgan fingerprint density at radius 2 is 1.53 bits per heavy atom. The van der Waals surface area contributed by atoms with Crippen LogP contribution in [0.15, 0.2) is 24.3 Å². The Hall–Kier alpha value is -5.56. The van der Waals surface area contributed by atoms with E-state index in [9.17, 15) is 14.4 Å². The third-order valence-corrected chi connectivity index (χ3v) is 14.2. The number of allylic oxidation sites excluding steroid dienone is 2. The number of nitrogens with one attached hydrogen (secondary N) is 2. The number of aromatic amines is 2. The fraction of sp³-hybridized carbons (Fsp3) is 0.529. The van der Waals surface area contributed by atoms with Crippen LogP contribution in [0.4, 0.5) is 0 Å². The third kappa shape index (κ3) is 10.4. The maximum atomic E-state index is 15.1. The number of carbonyl (C=O) groups is 4. The number of esters is 1. The van der Waals surface area contributed by atoms with Gasteiger partial charge in [0.1, 0.15) is 6.61 Å². The normalized spacial score (nSPS) is 19.1. The van der Waals surface area contributed by atoms with Gasteiger partial charge in [-0.05, 0) is 80.2 Å². The summed E-state index contributed by atoms with van der Waals surface area (Å²) in [5.74, 6) is -1.89. The van der Waals surface area contributed by atoms with Crippen LogP contribution < -0.4 is 5.73 Å². The number of hydrogen-bond acceptors (Lipinski definition) is 13. The number of amides is 3. The molecule has 2 fully saturated rings. The molecule has 364 valence electrons. The molecule has 17 nitrogen and oxygen atoms in total. The zero-order chi connectivity index (χ0) is 48.1. The molecule has 3 amide bonds. The summed E-state index contributed by atoms with van der Waals surface area (Å²) in [6, 6.07) is 5.98. The molecule has 8 heterocycles. The van der Waals surface area contributed by atoms with E-state index in [1.165, 1.54) is 11.0 Å². The predicted octanol–water partition coefficient (Wildman–Crippen LogP) is 5.19. The van der Waals surface area contributed by atoms with E-state index in [0.717, 1.165) is 77.5 Å². The molecule has 5 aliphatic rings. The Morgan fingerprint density at radius 3 is 2.24 bits per heavy atom. The molecule has 0 unspecified atom stereocenters. The second-order valence-corrected chi connectivity index (χ2v) is 18.3. The van der Waals surface area contributed by atoms with Gasteiger partial charge in [-0.15, -0.1) is 0 Å². The van der Waals surface area contributed by atoms with E-state index in [2.05, 4.69) is 40.5 Å². The van der Waals surface area contributed by atoms with Gasteiger partial charge in [-0.2, -0.15) is 0 Å². The number of ether oxygens (including phenoxy) is 4. The molecule has 3 aromatic heterocycles. The monoisotopic (exact) mass is 934 g/mol. The van der Waals surface area contributed by atoms with Crippen molar-refractivity contribution in [1.82, 2.24) is 39.5 Å². The van der Waals surface area contributed by atoms with Crippen molar-refractivity contribution in [3.05, 3.63) is 74.9 Å². The van der Waals surface area contributed by atoms with Crippen LogP contribution in [0.2, 0.25) is 0 Å². The molecule has 3 aromatic rings. The molecule has 0 aromatic carbocycles. The van der Waals surface area contributed by atoms with Crippen molar-refractivity contribution in [2.24, 2.45) is 5.73 Å². The second-order valence-electron chi connectivity index (χ2n) is 18.3. The summed E-state index contributed by atoms with van der Waals surface area (Å²) in [7, 11) is 1.75. The van der Waals surface area contributed by atoms with E-state index in [1.54, 1.807) is 18.0 Å². The van der Waals surface area contributed by atoms with Crippen LogP contribution in [0.25, 0.3) is 39.3 Å². The second kappa shape index (κ2) is 21.8. The minimum absolute atomic E-state index is 0.0524. The van der Waals surface area contributed by atoms with Gasteiger partial charge in [0.05, 0.1) is 73.4 Å². The zero-order valence-corrected chi connectivity index (χ0v) is 40.5. The van der Waals surface area contributed by atoms with Crippen molar-refractivity contribution >= 4 is 63.0 Å². The van der Waals surface area contributed by atoms with Gasteiger partial charge in [-0.25, -0.2) is 9.78 Å². The minimum Gasteiger partial charge on any atom is -0.460 e. The van der Waals surface area contributed by atoms with Crippen molar-refractivity contribution in [2.75, 3.05) is 112 Å². The smallest absolute Gasteiger partial charge is 0.330 e. The van der Waals surface area contributed by atoms with Gasteiger partial charge in [-0.3, -0.25) is 34.1 Å². The van der Waals surface area contributed by atoms with Crippen LogP contribution in [-0.4, -0.2) is 175 Å². The van der Waals surface area contributed by atoms with Crippen molar-refractivity contribution in [3.63, 3.8) is 0 Å². The number of nitrogens with two attached hydrogens (primary N) is 1. The molecule has 4 N–H and O–H groups in total. The summed E-state index contributed by atoms with van der Waals surface area (Å²) in [4.78, 5) is 81.6. The molecule has 17 heteroatoms. The number of rotatable bonds is 17. The molecule has 0 radical (unpaired) electrons. The molecule has 2 saturated heterocycles. The maximum absolute atomic E-state index is 15.1. The molecule has 5 aliphatic heterocycles. The number of aryl methyl sites for hydroxylation is 2. The Balaban J connectivity index is 1.24. The third-order valence-electron chi connectivity index (χ3n) is 14.2. The first-order chi connectivity index (χ1) is 32.9. The minimum atomic E-state index is -0.487. The van der Waals surface area contributed by atoms with Gasteiger partial charge >= 0.3 is 5.97 Å². The van der Waals surface area contributed by atoms with Gasteiger partial charge in [0.2, 0.25) is 5.91 Å². The summed E-state index contributed by atoms with van der Waals surface area (Å²) in [6.07, 6.45) is 4.53. The Labute approximate surface area is 398 Å². The maximum Gasteiger partial charge on any atom is 0.330 e. The number of H-pyrrole nitrogens is 2. The highest BCUT2D eigenvalue weighted by Gasteiger charge is 2.41. The number of morpholine rings is 2. The van der Waals surface area contributed by atoms with Crippen LogP contribution in [0, 0.1) is 13.8 Å². The van der Waals surface area contributed by atoms with Crippen LogP contribution in [0.1, 0.15) is 112 Å². The van der Waals surface area contributed by atoms with Crippen LogP contribution in [0.5, 0.6) is 0 Å². The van der Waals surface area contributed by atoms with E-state index in [0.29, 0.717) is 111 Å². The van der Waals surface area contributed by atoms with Gasteiger partial charge in [0.15, 0.2) is 0 Å². The SMILES string of the molecule is CCC1=C(C)c2cc3[nH]c(cc4nc(c5c6[nH]c(cc1n2)c(C)c6C(=O)N(CCN1CCOCC1)C5=O)[C@@H](CCC(=O)N(C)CCN)[C@@H]4C)c(C)c3/C=C/C(=O)OCCOCCN1CCOCC1. The molecule has 0 saturated carbocycles. The molecule has 2 atom stereocenters. The Kier molecular flexibility index (Phi) is 15.7. The lowest BCUT2D eigenvalue weighted by atomic mass is 9.84. The van der Waals surface area contributed by atoms with E-state index in [-0.39, 0.29) is 43.2 Å². The number of imide groups is 1. The summed E-state index contributed by atoms with van der Waals surface area (Å²) >= 11 is 0. The lowest BCUT2D eigenvalue weighted by molar-refractivity contribution is -0.139. The number of fused-ring (bicyclic) bond motifs is 8. The molecule has 8 rings (SSSR count). The summed E-state index contributed by atoms with van der Waals surface area (Å²) in [6.45, 7) is 19.2. The molecular weight excluding hydrogens is 867 g/mol. The van der Waals surface area contributed by atoms with E-state index in [4.69, 9.17) is 34.6 Å². The highest BCUT2D eigenvalue weighted by atomic mass is 16.6. The van der Waals surface area contributed by atoms with Crippen LogP contribution >= 0.6 is 0 Å². The molecule has 0 spiro atoms. The first kappa shape index (κ1) is 48.9. The lowest BCUT2D eigenvalue weighted by Gasteiger charge is -2.31. The standard InChI is InChI=1S/C51H67N9O8/c1-7-35-31(2)39-29-43-36(9-11-45(62)68-27-26-67-25-20-59-18-23-66-24-19-59)32(3)38(54-43)28-40-33(4)37(8-10-44(61)57(6)13-12-52)48(55-40)47-49-46(34(5)41(56-49)30-42(35)53-39)50(63)60(51(47)64)15-14-58-16-21-65-22-17-58/h9,11,28-30,33,37,54,56H,7-8,10,12-27,52H2,1-6H3/b11-9+,38-28?,39-29?,40-28?,41-30?,42-30?,43-29?,48-47?/t33-,37-/m0/s1. The zero-order valence-electron chi connectivity index (χ0n) is 40.5. The van der Waals surface area contributed by atoms with E-state index in [1.807, 2.05) is 32.0 Å². The number of likely N-dealkylation sites (N-methyl/N-ethyl adjacent to an activating group) is 1. The number of hydrogen-bond donors (Lipinski definition) is 3. The summed E-state index contributed by atoms with van der Waals surface area (Å²) in [5.41, 5.74) is 16.4. The summed E-state index contributed by atoms with van der Waals surface area (Å²) < 4.78 is 22.3. The van der Waals surface area contributed by atoms with Crippen molar-refractivity contribution in [3.8, 4) is 0 Å². The number of carbonyl (C=O) groups excluding carboxylic acids is 4. The fourth-order valence-electron chi connectivity index (χ4n) is 9.94. The van der Waals surface area contributed by atoms with Gasteiger partial charge in [0.25, 0.3) is 11.8 Å². The molecule has 8 bridgehead atoms.